The second-order valence-corrected chi connectivity index (χ2v) is 7.43. The maximum atomic E-state index is 13.2. The lowest BCUT2D eigenvalue weighted by Crippen LogP contribution is -2.37. The smallest absolute Gasteiger partial charge is 0.236 e. The number of benzene rings is 1. The predicted octanol–water partition coefficient (Wildman–Crippen LogP) is 2.76. The maximum absolute atomic E-state index is 13.2. The summed E-state index contributed by atoms with van der Waals surface area (Å²) in [5, 5.41) is 0. The highest BCUT2D eigenvalue weighted by Crippen LogP contribution is 2.42. The van der Waals surface area contributed by atoms with Crippen LogP contribution >= 0.6 is 0 Å². The van der Waals surface area contributed by atoms with E-state index in [9.17, 15) is 9.59 Å². The topological polar surface area (TPSA) is 50.5 Å². The second kappa shape index (κ2) is 8.13. The van der Waals surface area contributed by atoms with Crippen molar-refractivity contribution < 1.29 is 18.9 Å². The summed E-state index contributed by atoms with van der Waals surface area (Å²) in [7, 11) is 0. The van der Waals surface area contributed by atoms with Crippen LogP contribution < -0.4 is 4.57 Å². The first-order valence-electron chi connectivity index (χ1n) is 9.97. The van der Waals surface area contributed by atoms with Crippen LogP contribution in [0.2, 0.25) is 0 Å². The lowest BCUT2D eigenvalue weighted by atomic mass is 9.89. The molecule has 2 aromatic rings. The van der Waals surface area contributed by atoms with Gasteiger partial charge in [-0.05, 0) is 18.6 Å². The number of carbonyl (C=O) groups excluding carboxylic acids is 2. The number of carbonyl (C=O) groups is 2. The molecular weight excluding hydrogens is 364 g/mol. The van der Waals surface area contributed by atoms with E-state index in [0.29, 0.717) is 0 Å². The van der Waals surface area contributed by atoms with Crippen LogP contribution in [0.15, 0.2) is 73.6 Å². The monoisotopic (exact) mass is 389 g/mol. The Hall–Kier alpha value is -3.05. The van der Waals surface area contributed by atoms with Crippen molar-refractivity contribution in [2.75, 3.05) is 0 Å². The van der Waals surface area contributed by atoms with E-state index in [1.165, 1.54) is 4.90 Å². The van der Waals surface area contributed by atoms with Crippen LogP contribution in [0, 0.1) is 11.8 Å². The summed E-state index contributed by atoms with van der Waals surface area (Å²) in [6.07, 6.45) is 8.51. The minimum atomic E-state index is -0.507. The van der Waals surface area contributed by atoms with Crippen molar-refractivity contribution >= 4 is 17.9 Å². The molecule has 0 spiro atoms. The molecule has 4 rings (SSSR count). The van der Waals surface area contributed by atoms with Gasteiger partial charge in [0.1, 0.15) is 6.54 Å². The molecule has 1 aromatic carbocycles. The van der Waals surface area contributed by atoms with E-state index in [1.807, 2.05) is 71.6 Å². The SMILES string of the molecule is C=C[C@H]1O[C@@H](/C=C/c2ccccc2)[C@@H]2C(=O)N(Cc3ccc[n+](CC)c3)C(=O)[C@@H]21. The number of rotatable bonds is 6. The zero-order valence-corrected chi connectivity index (χ0v) is 16.5. The zero-order chi connectivity index (χ0) is 20.4. The Balaban J connectivity index is 1.58. The Morgan fingerprint density at radius 2 is 1.79 bits per heavy atom. The van der Waals surface area contributed by atoms with E-state index >= 15 is 0 Å². The number of ether oxygens (including phenoxy) is 1. The standard InChI is InChI=1S/C24H25N2O3/c1-3-19-21-22(20(29-19)13-12-17-9-6-5-7-10-17)24(28)26(23(21)27)16-18-11-8-14-25(4-2)15-18/h3,5-15,19-22H,1,4,16H2,2H3/q+1/b13-12+/t19-,20+,21-,22+/m1/s1. The molecule has 1 aromatic heterocycles. The van der Waals surface area contributed by atoms with Gasteiger partial charge < -0.3 is 4.74 Å². The van der Waals surface area contributed by atoms with Crippen molar-refractivity contribution in [2.45, 2.75) is 32.2 Å². The summed E-state index contributed by atoms with van der Waals surface area (Å²) in [5.74, 6) is -1.36. The molecule has 148 valence electrons. The average molecular weight is 389 g/mol. The van der Waals surface area contributed by atoms with Gasteiger partial charge in [0.15, 0.2) is 12.4 Å². The minimum Gasteiger partial charge on any atom is -0.365 e. The number of amides is 2. The Kier molecular flexibility index (Phi) is 5.41. The molecular formula is C24H25N2O3+. The van der Waals surface area contributed by atoms with Crippen molar-refractivity contribution in [3.63, 3.8) is 0 Å². The third-order valence-corrected chi connectivity index (χ3v) is 5.65. The highest BCUT2D eigenvalue weighted by atomic mass is 16.5. The number of hydrogen-bond donors (Lipinski definition) is 0. The number of pyridine rings is 1. The highest BCUT2D eigenvalue weighted by molar-refractivity contribution is 6.06. The Bertz CT molecular complexity index is 954. The van der Waals surface area contributed by atoms with E-state index in [2.05, 4.69) is 13.5 Å². The van der Waals surface area contributed by atoms with E-state index in [-0.39, 0.29) is 18.4 Å². The lowest BCUT2D eigenvalue weighted by molar-refractivity contribution is -0.694. The van der Waals surface area contributed by atoms with Crippen LogP contribution in [0.3, 0.4) is 0 Å². The molecule has 2 aliphatic heterocycles. The summed E-state index contributed by atoms with van der Waals surface area (Å²) in [6.45, 7) is 6.98. The molecule has 0 bridgehead atoms. The van der Waals surface area contributed by atoms with Gasteiger partial charge >= 0.3 is 0 Å². The van der Waals surface area contributed by atoms with Gasteiger partial charge in [-0.2, -0.15) is 0 Å². The molecule has 2 amide bonds. The summed E-state index contributed by atoms with van der Waals surface area (Å²) >= 11 is 0. The molecule has 3 heterocycles. The molecule has 2 saturated heterocycles. The van der Waals surface area contributed by atoms with E-state index in [1.54, 1.807) is 6.08 Å². The fourth-order valence-corrected chi connectivity index (χ4v) is 4.16. The third-order valence-electron chi connectivity index (χ3n) is 5.65. The molecule has 0 N–H and O–H groups in total. The largest absolute Gasteiger partial charge is 0.365 e. The van der Waals surface area contributed by atoms with E-state index in [0.717, 1.165) is 17.7 Å². The first kappa shape index (κ1) is 19.3. The fourth-order valence-electron chi connectivity index (χ4n) is 4.16. The van der Waals surface area contributed by atoms with Crippen molar-refractivity contribution in [1.29, 1.82) is 0 Å². The number of nitrogens with zero attached hydrogens (tertiary/aromatic N) is 2. The average Bonchev–Trinajstić information content (AvgIpc) is 3.25. The molecule has 4 atom stereocenters. The predicted molar refractivity (Wildman–Crippen MR) is 109 cm³/mol. The summed E-state index contributed by atoms with van der Waals surface area (Å²) in [5.41, 5.74) is 1.96. The van der Waals surface area contributed by atoms with Gasteiger partial charge in [0.2, 0.25) is 11.8 Å². The number of aryl methyl sites for hydroxylation is 1. The van der Waals surface area contributed by atoms with Crippen LogP contribution in [0.5, 0.6) is 0 Å². The Labute approximate surface area is 170 Å². The van der Waals surface area contributed by atoms with E-state index in [4.69, 9.17) is 4.74 Å². The van der Waals surface area contributed by atoms with Crippen molar-refractivity contribution in [1.82, 2.24) is 4.90 Å². The molecule has 0 unspecified atom stereocenters. The van der Waals surface area contributed by atoms with Gasteiger partial charge in [-0.25, -0.2) is 4.57 Å². The molecule has 2 aliphatic rings. The number of aromatic nitrogens is 1. The normalized spacial score (nSPS) is 26.3. The summed E-state index contributed by atoms with van der Waals surface area (Å²) in [4.78, 5) is 27.7. The lowest BCUT2D eigenvalue weighted by Gasteiger charge is -2.19. The maximum Gasteiger partial charge on any atom is 0.236 e. The van der Waals surface area contributed by atoms with Crippen LogP contribution in [-0.4, -0.2) is 28.9 Å². The second-order valence-electron chi connectivity index (χ2n) is 7.43. The number of fused-ring (bicyclic) bond motifs is 1. The number of likely N-dealkylation sites (tertiary alicyclic amines) is 1. The Morgan fingerprint density at radius 3 is 2.48 bits per heavy atom. The summed E-state index contributed by atoms with van der Waals surface area (Å²) < 4.78 is 8.03. The number of hydrogen-bond acceptors (Lipinski definition) is 3. The first-order valence-corrected chi connectivity index (χ1v) is 9.97. The quantitative estimate of drug-likeness (QED) is 0.434. The molecule has 0 saturated carbocycles. The van der Waals surface area contributed by atoms with Crippen molar-refractivity contribution in [3.05, 3.63) is 84.7 Å². The van der Waals surface area contributed by atoms with Gasteiger partial charge in [0, 0.05) is 11.6 Å². The molecule has 0 aliphatic carbocycles. The van der Waals surface area contributed by atoms with Gasteiger partial charge in [0.05, 0.1) is 30.6 Å². The van der Waals surface area contributed by atoms with Crippen LogP contribution in [0.4, 0.5) is 0 Å². The van der Waals surface area contributed by atoms with Gasteiger partial charge in [0.25, 0.3) is 0 Å². The molecule has 5 heteroatoms. The minimum absolute atomic E-state index is 0.168. The van der Waals surface area contributed by atoms with Gasteiger partial charge in [-0.3, -0.25) is 14.5 Å². The number of imide groups is 1. The van der Waals surface area contributed by atoms with Crippen LogP contribution in [-0.2, 0) is 27.4 Å². The molecule has 0 radical (unpaired) electrons. The highest BCUT2D eigenvalue weighted by Gasteiger charge is 2.58. The molecule has 29 heavy (non-hydrogen) atoms. The first-order chi connectivity index (χ1) is 14.1. The van der Waals surface area contributed by atoms with Crippen LogP contribution in [0.1, 0.15) is 18.1 Å². The van der Waals surface area contributed by atoms with Crippen molar-refractivity contribution in [2.24, 2.45) is 11.8 Å². The fraction of sp³-hybridized carbons (Fsp3) is 0.292. The summed E-state index contributed by atoms with van der Waals surface area (Å²) in [6, 6.07) is 13.7. The van der Waals surface area contributed by atoms with Crippen molar-refractivity contribution in [3.8, 4) is 0 Å². The van der Waals surface area contributed by atoms with Gasteiger partial charge in [-0.1, -0.05) is 48.6 Å². The molecule has 2 fully saturated rings. The molecule has 5 nitrogen and oxygen atoms in total. The zero-order valence-electron chi connectivity index (χ0n) is 16.5. The van der Waals surface area contributed by atoms with E-state index < -0.39 is 24.0 Å². The third kappa shape index (κ3) is 3.66. The Morgan fingerprint density at radius 1 is 1.07 bits per heavy atom. The van der Waals surface area contributed by atoms with Crippen LogP contribution in [0.25, 0.3) is 6.08 Å². The van der Waals surface area contributed by atoms with Gasteiger partial charge in [-0.15, -0.1) is 6.58 Å².